The highest BCUT2D eigenvalue weighted by molar-refractivity contribution is 7.86. The summed E-state index contributed by atoms with van der Waals surface area (Å²) in [4.78, 5) is 12.1. The van der Waals surface area contributed by atoms with Gasteiger partial charge in [0, 0.05) is 17.1 Å². The van der Waals surface area contributed by atoms with Crippen molar-refractivity contribution in [1.29, 1.82) is 0 Å². The van der Waals surface area contributed by atoms with Crippen LogP contribution in [-0.4, -0.2) is 38.8 Å². The Kier molecular flexibility index (Phi) is 6.79. The van der Waals surface area contributed by atoms with E-state index in [0.717, 1.165) is 16.5 Å². The second kappa shape index (κ2) is 9.32. The Morgan fingerprint density at radius 3 is 2.63 bits per heavy atom. The lowest BCUT2D eigenvalue weighted by atomic mass is 10.2. The molecule has 8 heteroatoms. The highest BCUT2D eigenvalue weighted by atomic mass is 32.2. The molecule has 0 aliphatic rings. The van der Waals surface area contributed by atoms with Gasteiger partial charge >= 0.3 is 5.97 Å². The highest BCUT2D eigenvalue weighted by Gasteiger charge is 2.18. The number of carbonyl (C=O) groups excluding carboxylic acids is 1. The van der Waals surface area contributed by atoms with Gasteiger partial charge in [-0.2, -0.15) is 8.42 Å². The molecule has 0 saturated carbocycles. The molecule has 1 heterocycles. The van der Waals surface area contributed by atoms with Gasteiger partial charge in [0.05, 0.1) is 11.5 Å². The van der Waals surface area contributed by atoms with Gasteiger partial charge in [-0.25, -0.2) is 4.79 Å². The van der Waals surface area contributed by atoms with E-state index in [2.05, 4.69) is 0 Å². The molecule has 0 amide bonds. The Hall–Kier alpha value is -2.84. The number of aryl methyl sites for hydroxylation is 1. The molecular weight excluding hydrogens is 406 g/mol. The number of carbonyl (C=O) groups is 1. The van der Waals surface area contributed by atoms with Gasteiger partial charge in [0.25, 0.3) is 10.1 Å². The zero-order chi connectivity index (χ0) is 21.7. The first-order chi connectivity index (χ1) is 14.3. The average molecular weight is 432 g/mol. The topological polar surface area (TPSA) is 83.8 Å². The van der Waals surface area contributed by atoms with Crippen LogP contribution in [0.25, 0.3) is 10.9 Å². The molecule has 0 aliphatic heterocycles. The van der Waals surface area contributed by atoms with E-state index in [0.29, 0.717) is 12.4 Å². The molecule has 3 rings (SSSR count). The van der Waals surface area contributed by atoms with Crippen molar-refractivity contribution in [3.63, 3.8) is 0 Å². The fourth-order valence-electron chi connectivity index (χ4n) is 3.09. The summed E-state index contributed by atoms with van der Waals surface area (Å²) in [5.74, 6) is 0.294. The van der Waals surface area contributed by atoms with Crippen molar-refractivity contribution < 1.29 is 26.9 Å². The van der Waals surface area contributed by atoms with Crippen molar-refractivity contribution in [3.05, 3.63) is 60.3 Å². The third kappa shape index (κ3) is 5.01. The maximum Gasteiger partial charge on any atom is 0.328 e. The maximum absolute atomic E-state index is 12.2. The summed E-state index contributed by atoms with van der Waals surface area (Å²) in [6.07, 6.45) is 1.83. The number of hydrogen-bond acceptors (Lipinski definition) is 6. The van der Waals surface area contributed by atoms with Crippen LogP contribution in [0.3, 0.4) is 0 Å². The molecule has 1 atom stereocenters. The Morgan fingerprint density at radius 2 is 1.90 bits per heavy atom. The lowest BCUT2D eigenvalue weighted by Gasteiger charge is -2.14. The Morgan fingerprint density at radius 1 is 1.10 bits per heavy atom. The third-order valence-electron chi connectivity index (χ3n) is 4.61. The number of ether oxygens (including phenoxy) is 2. The molecule has 0 fully saturated rings. The molecule has 1 unspecified atom stereocenters. The molecule has 0 N–H and O–H groups in total. The van der Waals surface area contributed by atoms with Crippen molar-refractivity contribution in [2.45, 2.75) is 31.7 Å². The molecular formula is C22H25NO6S. The van der Waals surface area contributed by atoms with Crippen LogP contribution in [0.1, 0.15) is 25.5 Å². The summed E-state index contributed by atoms with van der Waals surface area (Å²) in [5, 5.41) is 0.900. The summed E-state index contributed by atoms with van der Waals surface area (Å²) < 4.78 is 42.1. The van der Waals surface area contributed by atoms with E-state index >= 15 is 0 Å². The van der Waals surface area contributed by atoms with E-state index in [-0.39, 0.29) is 24.1 Å². The van der Waals surface area contributed by atoms with Crippen LogP contribution < -0.4 is 4.74 Å². The quantitative estimate of drug-likeness (QED) is 0.291. The minimum Gasteiger partial charge on any atom is -0.491 e. The van der Waals surface area contributed by atoms with E-state index in [9.17, 15) is 13.2 Å². The van der Waals surface area contributed by atoms with E-state index in [1.165, 1.54) is 6.07 Å². The van der Waals surface area contributed by atoms with Gasteiger partial charge in [0.2, 0.25) is 0 Å². The van der Waals surface area contributed by atoms with Crippen molar-refractivity contribution in [1.82, 2.24) is 4.57 Å². The molecule has 160 valence electrons. The van der Waals surface area contributed by atoms with Crippen LogP contribution in [0.15, 0.2) is 59.6 Å². The molecule has 3 aromatic rings. The first-order valence-electron chi connectivity index (χ1n) is 9.68. The second-order valence-electron chi connectivity index (χ2n) is 6.81. The van der Waals surface area contributed by atoms with E-state index in [1.54, 1.807) is 32.0 Å². The van der Waals surface area contributed by atoms with Gasteiger partial charge in [-0.15, -0.1) is 0 Å². The number of rotatable bonds is 9. The molecule has 30 heavy (non-hydrogen) atoms. The number of esters is 1. The van der Waals surface area contributed by atoms with Gasteiger partial charge < -0.3 is 14.0 Å². The first kappa shape index (κ1) is 21.9. The van der Waals surface area contributed by atoms with Gasteiger partial charge in [-0.1, -0.05) is 12.1 Å². The number of aromatic nitrogens is 1. The van der Waals surface area contributed by atoms with Gasteiger partial charge in [-0.05, 0) is 62.7 Å². The molecule has 2 aromatic carbocycles. The summed E-state index contributed by atoms with van der Waals surface area (Å²) in [6.45, 7) is 5.69. The molecule has 0 bridgehead atoms. The number of benzene rings is 2. The fourth-order valence-corrected chi connectivity index (χ4v) is 4.09. The standard InChI is InChI=1S/C22H25NO6S/c1-4-27-22(24)17(3)23-11-10-18-15-19(8-9-21(18)23)28-12-13-29-30(25,26)20-7-5-6-16(2)14-20/h5-11,14-15,17H,4,12-13H2,1-3H3. The van der Waals surface area contributed by atoms with Gasteiger partial charge in [0.15, 0.2) is 0 Å². The van der Waals surface area contributed by atoms with Crippen LogP contribution in [0.5, 0.6) is 5.75 Å². The molecule has 1 aromatic heterocycles. The van der Waals surface area contributed by atoms with Crippen LogP contribution in [0.4, 0.5) is 0 Å². The van der Waals surface area contributed by atoms with Crippen LogP contribution in [-0.2, 0) is 23.8 Å². The number of fused-ring (bicyclic) bond motifs is 1. The van der Waals surface area contributed by atoms with E-state index in [4.69, 9.17) is 13.7 Å². The largest absolute Gasteiger partial charge is 0.491 e. The smallest absolute Gasteiger partial charge is 0.328 e. The zero-order valence-corrected chi connectivity index (χ0v) is 18.0. The molecule has 0 spiro atoms. The number of hydrogen-bond donors (Lipinski definition) is 0. The zero-order valence-electron chi connectivity index (χ0n) is 17.2. The van der Waals surface area contributed by atoms with E-state index in [1.807, 2.05) is 42.0 Å². The van der Waals surface area contributed by atoms with Crippen molar-refractivity contribution in [2.24, 2.45) is 0 Å². The lowest BCUT2D eigenvalue weighted by molar-refractivity contribution is -0.146. The van der Waals surface area contributed by atoms with Crippen molar-refractivity contribution >= 4 is 27.0 Å². The van der Waals surface area contributed by atoms with Crippen LogP contribution >= 0.6 is 0 Å². The van der Waals surface area contributed by atoms with Crippen molar-refractivity contribution in [3.8, 4) is 5.75 Å². The predicted molar refractivity (Wildman–Crippen MR) is 113 cm³/mol. The Bertz CT molecular complexity index is 1140. The van der Waals surface area contributed by atoms with Gasteiger partial charge in [0.1, 0.15) is 25.0 Å². The molecule has 0 aliphatic carbocycles. The molecule has 7 nitrogen and oxygen atoms in total. The predicted octanol–water partition coefficient (Wildman–Crippen LogP) is 3.86. The second-order valence-corrected chi connectivity index (χ2v) is 8.43. The van der Waals surface area contributed by atoms with Crippen LogP contribution in [0, 0.1) is 6.92 Å². The molecule has 0 radical (unpaired) electrons. The monoisotopic (exact) mass is 431 g/mol. The van der Waals surface area contributed by atoms with Crippen molar-refractivity contribution in [2.75, 3.05) is 19.8 Å². The summed E-state index contributed by atoms with van der Waals surface area (Å²) in [6, 6.07) is 13.5. The average Bonchev–Trinajstić information content (AvgIpc) is 3.14. The SMILES string of the molecule is CCOC(=O)C(C)n1ccc2cc(OCCOS(=O)(=O)c3cccc(C)c3)ccc21. The van der Waals surface area contributed by atoms with Crippen LogP contribution in [0.2, 0.25) is 0 Å². The van der Waals surface area contributed by atoms with Gasteiger partial charge in [-0.3, -0.25) is 4.18 Å². The molecule has 0 saturated heterocycles. The fraction of sp³-hybridized carbons (Fsp3) is 0.318. The third-order valence-corrected chi connectivity index (χ3v) is 5.91. The lowest BCUT2D eigenvalue weighted by Crippen LogP contribution is -2.18. The summed E-state index contributed by atoms with van der Waals surface area (Å²) in [7, 11) is -3.82. The number of nitrogens with zero attached hydrogens (tertiary/aromatic N) is 1. The Balaban J connectivity index is 1.60. The maximum atomic E-state index is 12.2. The minimum absolute atomic E-state index is 0.0799. The first-order valence-corrected chi connectivity index (χ1v) is 11.1. The van der Waals surface area contributed by atoms with E-state index < -0.39 is 16.2 Å². The Labute approximate surface area is 176 Å². The summed E-state index contributed by atoms with van der Waals surface area (Å²) >= 11 is 0. The normalized spacial score (nSPS) is 12.6. The minimum atomic E-state index is -3.82. The highest BCUT2D eigenvalue weighted by Crippen LogP contribution is 2.25. The summed E-state index contributed by atoms with van der Waals surface area (Å²) in [5.41, 5.74) is 1.72.